The van der Waals surface area contributed by atoms with Crippen molar-refractivity contribution in [2.24, 2.45) is 5.73 Å². The first-order valence-electron chi connectivity index (χ1n) is 9.48. The summed E-state index contributed by atoms with van der Waals surface area (Å²) in [4.78, 5) is 37.1. The standard InChI is InChI=1S/C24H22N2O5/c1-14(27)20-15(2)31-24(21(20)22(25)28)26-23(29)19(17-7-5-4-6-8-17)13-16-9-11-18(30-3)12-10-16/h4-13H,1-3H3,(H2,25,28)(H,26,29)/b19-13+. The largest absolute Gasteiger partial charge is 0.497 e. The van der Waals surface area contributed by atoms with Crippen LogP contribution in [0.4, 0.5) is 5.88 Å². The summed E-state index contributed by atoms with van der Waals surface area (Å²) in [5.41, 5.74) is 7.13. The molecule has 0 fully saturated rings. The topological polar surface area (TPSA) is 112 Å². The molecular formula is C24H22N2O5. The number of rotatable bonds is 7. The molecule has 0 aliphatic heterocycles. The first-order chi connectivity index (χ1) is 14.8. The number of nitrogens with one attached hydrogen (secondary N) is 1. The number of hydrogen-bond acceptors (Lipinski definition) is 5. The number of Topliss-reactive ketones (excluding diaryl/α,β-unsaturated/α-hetero) is 1. The van der Waals surface area contributed by atoms with Gasteiger partial charge in [0.15, 0.2) is 5.78 Å². The number of hydrogen-bond donors (Lipinski definition) is 2. The van der Waals surface area contributed by atoms with Gasteiger partial charge in [-0.2, -0.15) is 0 Å². The molecular weight excluding hydrogens is 396 g/mol. The highest BCUT2D eigenvalue weighted by Crippen LogP contribution is 2.29. The third-order valence-corrected chi connectivity index (χ3v) is 4.67. The van der Waals surface area contributed by atoms with E-state index < -0.39 is 11.8 Å². The molecule has 0 atom stereocenters. The maximum absolute atomic E-state index is 13.2. The van der Waals surface area contributed by atoms with Gasteiger partial charge in [0.2, 0.25) is 5.88 Å². The molecule has 7 nitrogen and oxygen atoms in total. The van der Waals surface area contributed by atoms with Crippen molar-refractivity contribution in [1.82, 2.24) is 0 Å². The van der Waals surface area contributed by atoms with Crippen LogP contribution in [0.3, 0.4) is 0 Å². The van der Waals surface area contributed by atoms with E-state index in [1.165, 1.54) is 13.8 Å². The van der Waals surface area contributed by atoms with Gasteiger partial charge in [-0.3, -0.25) is 19.7 Å². The van der Waals surface area contributed by atoms with Crippen LogP contribution in [0.25, 0.3) is 11.6 Å². The van der Waals surface area contributed by atoms with Crippen LogP contribution in [0.15, 0.2) is 59.0 Å². The molecule has 0 unspecified atom stereocenters. The fraction of sp³-hybridized carbons (Fsp3) is 0.125. The molecule has 3 N–H and O–H groups in total. The lowest BCUT2D eigenvalue weighted by Crippen LogP contribution is -2.19. The Morgan fingerprint density at radius 1 is 1.00 bits per heavy atom. The van der Waals surface area contributed by atoms with Crippen molar-refractivity contribution in [3.63, 3.8) is 0 Å². The molecule has 158 valence electrons. The Kier molecular flexibility index (Phi) is 6.35. The normalized spacial score (nSPS) is 11.1. The first-order valence-corrected chi connectivity index (χ1v) is 9.48. The maximum atomic E-state index is 13.2. The van der Waals surface area contributed by atoms with Gasteiger partial charge in [-0.1, -0.05) is 42.5 Å². The molecule has 0 saturated heterocycles. The number of ether oxygens (including phenoxy) is 1. The summed E-state index contributed by atoms with van der Waals surface area (Å²) in [5.74, 6) is -1.02. The Bertz CT molecular complexity index is 1160. The van der Waals surface area contributed by atoms with Crippen molar-refractivity contribution in [1.29, 1.82) is 0 Å². The van der Waals surface area contributed by atoms with Crippen molar-refractivity contribution < 1.29 is 23.5 Å². The van der Waals surface area contributed by atoms with Crippen molar-refractivity contribution in [3.05, 3.63) is 82.6 Å². The summed E-state index contributed by atoms with van der Waals surface area (Å²) >= 11 is 0. The number of carbonyl (C=O) groups excluding carboxylic acids is 3. The van der Waals surface area contributed by atoms with Crippen molar-refractivity contribution in [3.8, 4) is 5.75 Å². The number of furan rings is 1. The number of anilines is 1. The second kappa shape index (κ2) is 9.13. The second-order valence-corrected chi connectivity index (χ2v) is 6.81. The van der Waals surface area contributed by atoms with Crippen molar-refractivity contribution in [2.75, 3.05) is 12.4 Å². The average molecular weight is 418 g/mol. The zero-order valence-electron chi connectivity index (χ0n) is 17.4. The molecule has 3 aromatic rings. The third kappa shape index (κ3) is 4.72. The number of amides is 2. The van der Waals surface area contributed by atoms with Crippen LogP contribution in [0.5, 0.6) is 5.75 Å². The summed E-state index contributed by atoms with van der Waals surface area (Å²) in [6.07, 6.45) is 1.70. The summed E-state index contributed by atoms with van der Waals surface area (Å²) in [6.45, 7) is 2.83. The Morgan fingerprint density at radius 3 is 2.19 bits per heavy atom. The van der Waals surface area contributed by atoms with Gasteiger partial charge >= 0.3 is 0 Å². The third-order valence-electron chi connectivity index (χ3n) is 4.67. The van der Waals surface area contributed by atoms with E-state index in [1.54, 1.807) is 37.5 Å². The first kappa shape index (κ1) is 21.6. The molecule has 0 spiro atoms. The van der Waals surface area contributed by atoms with Crippen LogP contribution in [-0.4, -0.2) is 24.7 Å². The lowest BCUT2D eigenvalue weighted by Gasteiger charge is -2.09. The van der Waals surface area contributed by atoms with Gasteiger partial charge in [-0.25, -0.2) is 0 Å². The Labute approximate surface area is 179 Å². The van der Waals surface area contributed by atoms with Crippen molar-refractivity contribution in [2.45, 2.75) is 13.8 Å². The molecule has 0 aliphatic carbocycles. The maximum Gasteiger partial charge on any atom is 0.258 e. The quantitative estimate of drug-likeness (QED) is 0.341. The summed E-state index contributed by atoms with van der Waals surface area (Å²) < 4.78 is 10.7. The zero-order chi connectivity index (χ0) is 22.5. The lowest BCUT2D eigenvalue weighted by molar-refractivity contribution is -0.111. The van der Waals surface area contributed by atoms with E-state index in [2.05, 4.69) is 5.32 Å². The smallest absolute Gasteiger partial charge is 0.258 e. The molecule has 7 heteroatoms. The fourth-order valence-electron chi connectivity index (χ4n) is 3.23. The molecule has 2 amide bonds. The molecule has 1 aromatic heterocycles. The average Bonchev–Trinajstić information content (AvgIpc) is 3.09. The number of nitrogens with two attached hydrogens (primary N) is 1. The van der Waals surface area contributed by atoms with Gasteiger partial charge in [0.25, 0.3) is 11.8 Å². The molecule has 0 saturated carbocycles. The van der Waals surface area contributed by atoms with E-state index in [4.69, 9.17) is 14.9 Å². The predicted molar refractivity (Wildman–Crippen MR) is 118 cm³/mol. The Hall–Kier alpha value is -4.13. The minimum absolute atomic E-state index is 0.0585. The van der Waals surface area contributed by atoms with E-state index in [0.29, 0.717) is 16.9 Å². The van der Waals surface area contributed by atoms with E-state index in [1.807, 2.05) is 30.3 Å². The van der Waals surface area contributed by atoms with Crippen LogP contribution in [0.1, 0.15) is 44.5 Å². The van der Waals surface area contributed by atoms with Crippen molar-refractivity contribution >= 4 is 35.1 Å². The van der Waals surface area contributed by atoms with Crippen LogP contribution < -0.4 is 15.8 Å². The van der Waals surface area contributed by atoms with E-state index in [-0.39, 0.29) is 28.6 Å². The SMILES string of the molecule is COc1ccc(/C=C(/C(=O)Nc2oc(C)c(C(C)=O)c2C(N)=O)c2ccccc2)cc1. The number of aryl methyl sites for hydroxylation is 1. The summed E-state index contributed by atoms with van der Waals surface area (Å²) in [7, 11) is 1.57. The highest BCUT2D eigenvalue weighted by molar-refractivity contribution is 6.29. The molecule has 0 radical (unpaired) electrons. The van der Waals surface area contributed by atoms with Gasteiger partial charge in [-0.05, 0) is 43.2 Å². The van der Waals surface area contributed by atoms with Gasteiger partial charge in [0, 0.05) is 5.57 Å². The van der Waals surface area contributed by atoms with E-state index >= 15 is 0 Å². The van der Waals surface area contributed by atoms with Crippen LogP contribution >= 0.6 is 0 Å². The summed E-state index contributed by atoms with van der Waals surface area (Å²) in [5, 5.41) is 2.60. The predicted octanol–water partition coefficient (Wildman–Crippen LogP) is 4.08. The molecule has 31 heavy (non-hydrogen) atoms. The molecule has 2 aromatic carbocycles. The number of methoxy groups -OCH3 is 1. The van der Waals surface area contributed by atoms with Crippen LogP contribution in [0.2, 0.25) is 0 Å². The molecule has 0 bridgehead atoms. The fourth-order valence-corrected chi connectivity index (χ4v) is 3.23. The number of ketones is 1. The highest BCUT2D eigenvalue weighted by Gasteiger charge is 2.27. The minimum Gasteiger partial charge on any atom is -0.497 e. The second-order valence-electron chi connectivity index (χ2n) is 6.81. The van der Waals surface area contributed by atoms with E-state index in [0.717, 1.165) is 5.56 Å². The van der Waals surface area contributed by atoms with Gasteiger partial charge in [0.05, 0.1) is 12.7 Å². The Morgan fingerprint density at radius 2 is 1.65 bits per heavy atom. The molecule has 3 rings (SSSR count). The number of benzene rings is 2. The molecule has 1 heterocycles. The van der Waals surface area contributed by atoms with Gasteiger partial charge < -0.3 is 14.9 Å². The number of primary amides is 1. The van der Waals surface area contributed by atoms with Gasteiger partial charge in [0.1, 0.15) is 17.1 Å². The van der Waals surface area contributed by atoms with Crippen LogP contribution in [0, 0.1) is 6.92 Å². The monoisotopic (exact) mass is 418 g/mol. The molecule has 0 aliphatic rings. The highest BCUT2D eigenvalue weighted by atomic mass is 16.5. The Balaban J connectivity index is 2.04. The minimum atomic E-state index is -0.863. The van der Waals surface area contributed by atoms with Gasteiger partial charge in [-0.15, -0.1) is 0 Å². The van der Waals surface area contributed by atoms with Crippen LogP contribution in [-0.2, 0) is 4.79 Å². The lowest BCUT2D eigenvalue weighted by atomic mass is 10.0. The summed E-state index contributed by atoms with van der Waals surface area (Å²) in [6, 6.07) is 16.2. The number of carbonyl (C=O) groups is 3. The zero-order valence-corrected chi connectivity index (χ0v) is 17.4. The van der Waals surface area contributed by atoms with E-state index in [9.17, 15) is 14.4 Å².